The van der Waals surface area contributed by atoms with Crippen molar-refractivity contribution in [3.63, 3.8) is 0 Å². The van der Waals surface area contributed by atoms with Crippen molar-refractivity contribution >= 4 is 28.8 Å². The van der Waals surface area contributed by atoms with Gasteiger partial charge in [0.15, 0.2) is 0 Å². The molecule has 6 heteroatoms. The molecule has 1 aromatic heterocycles. The molecule has 2 aromatic rings. The molecule has 0 N–H and O–H groups in total. The molecule has 1 aromatic carbocycles. The Balaban J connectivity index is 1.95. The summed E-state index contributed by atoms with van der Waals surface area (Å²) < 4.78 is 28.3. The Kier molecular flexibility index (Phi) is 3.26. The van der Waals surface area contributed by atoms with Gasteiger partial charge >= 0.3 is 0 Å². The number of rotatable bonds is 1. The van der Waals surface area contributed by atoms with Gasteiger partial charge in [-0.2, -0.15) is 8.78 Å². The quantitative estimate of drug-likeness (QED) is 0.774. The molecule has 0 aliphatic carbocycles. The molecule has 0 bridgehead atoms. The van der Waals surface area contributed by atoms with Crippen LogP contribution in [0.25, 0.3) is 0 Å². The van der Waals surface area contributed by atoms with Gasteiger partial charge in [-0.15, -0.1) is 11.3 Å². The molecular formula is C14H10ClF2NOS. The number of alkyl halides is 2. The molecule has 2 nitrogen and oxygen atoms in total. The molecule has 0 spiro atoms. The van der Waals surface area contributed by atoms with Crippen LogP contribution in [-0.4, -0.2) is 17.4 Å². The van der Waals surface area contributed by atoms with E-state index in [-0.39, 0.29) is 12.1 Å². The van der Waals surface area contributed by atoms with E-state index in [1.165, 1.54) is 6.07 Å². The predicted octanol–water partition coefficient (Wildman–Crippen LogP) is 4.15. The molecule has 0 saturated heterocycles. The number of carbonyl (C=O) groups excluding carboxylic acids is 1. The second-order valence-electron chi connectivity index (χ2n) is 4.62. The van der Waals surface area contributed by atoms with Crippen molar-refractivity contribution < 1.29 is 13.6 Å². The largest absolute Gasteiger partial charge is 0.327 e. The van der Waals surface area contributed by atoms with E-state index >= 15 is 0 Å². The Morgan fingerprint density at radius 1 is 1.30 bits per heavy atom. The summed E-state index contributed by atoms with van der Waals surface area (Å²) in [6, 6.07) is 7.91. The zero-order valence-corrected chi connectivity index (χ0v) is 11.8. The molecule has 0 unspecified atom stereocenters. The van der Waals surface area contributed by atoms with E-state index in [2.05, 4.69) is 0 Å². The third-order valence-electron chi connectivity index (χ3n) is 3.26. The highest BCUT2D eigenvalue weighted by molar-refractivity contribution is 7.12. The molecule has 1 amide bonds. The van der Waals surface area contributed by atoms with E-state index in [0.29, 0.717) is 15.5 Å². The minimum atomic E-state index is -3.03. The van der Waals surface area contributed by atoms with Crippen LogP contribution in [0.3, 0.4) is 0 Å². The highest BCUT2D eigenvalue weighted by Crippen LogP contribution is 2.37. The second kappa shape index (κ2) is 4.82. The first-order valence-corrected chi connectivity index (χ1v) is 7.23. The normalized spacial score (nSPS) is 16.9. The Labute approximate surface area is 123 Å². The van der Waals surface area contributed by atoms with Gasteiger partial charge < -0.3 is 4.90 Å². The van der Waals surface area contributed by atoms with Gasteiger partial charge in [0.1, 0.15) is 4.88 Å². The summed E-state index contributed by atoms with van der Waals surface area (Å²) in [5, 5.41) is 1.98. The van der Waals surface area contributed by atoms with E-state index < -0.39 is 18.4 Å². The number of nitrogens with zero attached hydrogens (tertiary/aromatic N) is 1. The summed E-state index contributed by atoms with van der Waals surface area (Å²) in [4.78, 5) is 13.8. The standard InChI is InChI=1S/C14H10ClF2NOS/c15-11-5-6-20-12(11)13(19)18-7-9-3-1-2-4-10(9)14(16,17)8-18/h1-6H,7-8H2. The number of fused-ring (bicyclic) bond motifs is 1. The molecule has 0 saturated carbocycles. The molecular weight excluding hydrogens is 304 g/mol. The van der Waals surface area contributed by atoms with Gasteiger partial charge in [-0.3, -0.25) is 4.79 Å². The van der Waals surface area contributed by atoms with Crippen LogP contribution in [0, 0.1) is 0 Å². The van der Waals surface area contributed by atoms with Crippen molar-refractivity contribution in [1.29, 1.82) is 0 Å². The van der Waals surface area contributed by atoms with Gasteiger partial charge in [-0.05, 0) is 17.0 Å². The van der Waals surface area contributed by atoms with Gasteiger partial charge in [0.2, 0.25) is 0 Å². The fourth-order valence-corrected chi connectivity index (χ4v) is 3.44. The summed E-state index contributed by atoms with van der Waals surface area (Å²) in [6.45, 7) is -0.435. The Morgan fingerprint density at radius 2 is 2.05 bits per heavy atom. The smallest absolute Gasteiger partial charge is 0.290 e. The molecule has 0 radical (unpaired) electrons. The number of thiophene rings is 1. The highest BCUT2D eigenvalue weighted by atomic mass is 35.5. The first-order chi connectivity index (χ1) is 9.49. The number of hydrogen-bond acceptors (Lipinski definition) is 2. The third-order valence-corrected chi connectivity index (χ3v) is 4.59. The number of benzene rings is 1. The SMILES string of the molecule is O=C(c1sccc1Cl)N1Cc2ccccc2C(F)(F)C1. The lowest BCUT2D eigenvalue weighted by molar-refractivity contribution is -0.0450. The van der Waals surface area contributed by atoms with Crippen molar-refractivity contribution in [3.05, 3.63) is 56.7 Å². The van der Waals surface area contributed by atoms with Crippen LogP contribution >= 0.6 is 22.9 Å². The summed E-state index contributed by atoms with van der Waals surface area (Å²) in [5.74, 6) is -3.48. The van der Waals surface area contributed by atoms with Crippen molar-refractivity contribution in [3.8, 4) is 0 Å². The first kappa shape index (κ1) is 13.5. The number of hydrogen-bond donors (Lipinski definition) is 0. The third kappa shape index (κ3) is 2.21. The van der Waals surface area contributed by atoms with E-state index in [1.807, 2.05) is 0 Å². The monoisotopic (exact) mass is 313 g/mol. The van der Waals surface area contributed by atoms with Gasteiger partial charge in [0.05, 0.1) is 11.6 Å². The van der Waals surface area contributed by atoms with Crippen LogP contribution in [0.1, 0.15) is 20.8 Å². The van der Waals surface area contributed by atoms with Gasteiger partial charge in [-0.1, -0.05) is 35.9 Å². The number of halogens is 3. The molecule has 1 aliphatic heterocycles. The average Bonchev–Trinajstić information content (AvgIpc) is 2.83. The van der Waals surface area contributed by atoms with Crippen molar-refractivity contribution in [2.75, 3.05) is 6.54 Å². The van der Waals surface area contributed by atoms with Crippen LogP contribution in [-0.2, 0) is 12.5 Å². The molecule has 0 atom stereocenters. The zero-order valence-electron chi connectivity index (χ0n) is 10.3. The minimum Gasteiger partial charge on any atom is -0.327 e. The predicted molar refractivity (Wildman–Crippen MR) is 74.4 cm³/mol. The molecule has 20 heavy (non-hydrogen) atoms. The van der Waals surface area contributed by atoms with Gasteiger partial charge in [0.25, 0.3) is 11.8 Å². The Bertz CT molecular complexity index is 671. The zero-order chi connectivity index (χ0) is 14.3. The van der Waals surface area contributed by atoms with Crippen LogP contribution in [0.5, 0.6) is 0 Å². The number of carbonyl (C=O) groups is 1. The van der Waals surface area contributed by atoms with E-state index in [1.54, 1.807) is 29.6 Å². The minimum absolute atomic E-state index is 0.00123. The molecule has 0 fully saturated rings. The van der Waals surface area contributed by atoms with Crippen molar-refractivity contribution in [2.45, 2.75) is 12.5 Å². The molecule has 3 rings (SSSR count). The molecule has 2 heterocycles. The van der Waals surface area contributed by atoms with Crippen LogP contribution < -0.4 is 0 Å². The fourth-order valence-electron chi connectivity index (χ4n) is 2.33. The maximum absolute atomic E-state index is 14.1. The van der Waals surface area contributed by atoms with Gasteiger partial charge in [0, 0.05) is 12.1 Å². The topological polar surface area (TPSA) is 20.3 Å². The maximum Gasteiger partial charge on any atom is 0.290 e. The lowest BCUT2D eigenvalue weighted by Crippen LogP contribution is -2.43. The fraction of sp³-hybridized carbons (Fsp3) is 0.214. The van der Waals surface area contributed by atoms with Crippen molar-refractivity contribution in [2.24, 2.45) is 0 Å². The van der Waals surface area contributed by atoms with Gasteiger partial charge in [-0.25, -0.2) is 0 Å². The summed E-state index contributed by atoms with van der Waals surface area (Å²) >= 11 is 7.07. The lowest BCUT2D eigenvalue weighted by Gasteiger charge is -2.34. The van der Waals surface area contributed by atoms with Crippen LogP contribution in [0.2, 0.25) is 5.02 Å². The lowest BCUT2D eigenvalue weighted by atomic mass is 9.96. The second-order valence-corrected chi connectivity index (χ2v) is 5.94. The maximum atomic E-state index is 14.1. The summed E-state index contributed by atoms with van der Waals surface area (Å²) in [5.41, 5.74) is 0.478. The van der Waals surface area contributed by atoms with E-state index in [9.17, 15) is 13.6 Å². The van der Waals surface area contributed by atoms with Crippen molar-refractivity contribution in [1.82, 2.24) is 4.90 Å². The van der Waals surface area contributed by atoms with E-state index in [0.717, 1.165) is 16.2 Å². The van der Waals surface area contributed by atoms with Crippen LogP contribution in [0.15, 0.2) is 35.7 Å². The highest BCUT2D eigenvalue weighted by Gasteiger charge is 2.42. The number of amides is 1. The summed E-state index contributed by atoms with van der Waals surface area (Å²) in [6.07, 6.45) is 0. The molecule has 1 aliphatic rings. The van der Waals surface area contributed by atoms with E-state index in [4.69, 9.17) is 11.6 Å². The molecule has 104 valence electrons. The Morgan fingerprint density at radius 3 is 2.75 bits per heavy atom. The average molecular weight is 314 g/mol. The first-order valence-electron chi connectivity index (χ1n) is 5.97. The Hall–Kier alpha value is -1.46. The summed E-state index contributed by atoms with van der Waals surface area (Å²) in [7, 11) is 0. The van der Waals surface area contributed by atoms with Crippen LogP contribution in [0.4, 0.5) is 8.78 Å².